The van der Waals surface area contributed by atoms with Gasteiger partial charge in [-0.2, -0.15) is 4.98 Å². The largest absolute Gasteiger partial charge is 0.481 e. The van der Waals surface area contributed by atoms with Gasteiger partial charge in [-0.3, -0.25) is 9.89 Å². The third-order valence-corrected chi connectivity index (χ3v) is 4.11. The highest BCUT2D eigenvalue weighted by Crippen LogP contribution is 2.27. The maximum absolute atomic E-state index is 10.6. The van der Waals surface area contributed by atoms with Gasteiger partial charge in [-0.1, -0.05) is 43.0 Å². The van der Waals surface area contributed by atoms with Crippen LogP contribution in [0.1, 0.15) is 12.5 Å². The molecule has 0 fully saturated rings. The topological polar surface area (TPSA) is 92.0 Å². The van der Waals surface area contributed by atoms with Crippen LogP contribution >= 0.6 is 11.8 Å². The predicted octanol–water partition coefficient (Wildman–Crippen LogP) is 3.47. The number of carboxylic acids is 1. The Hall–Kier alpha value is -2.54. The van der Waals surface area contributed by atoms with Crippen LogP contribution in [0.25, 0.3) is 22.9 Å². The second-order valence-electron chi connectivity index (χ2n) is 4.86. The van der Waals surface area contributed by atoms with Gasteiger partial charge in [0.15, 0.2) is 11.6 Å². The molecule has 6 nitrogen and oxygen atoms in total. The predicted molar refractivity (Wildman–Crippen MR) is 87.3 cm³/mol. The standard InChI is InChI=1S/C16H15N3O3S/c1-2-10-3-5-11(6-4-10)12-7-8-13(22-12)15-17-16(19-18-15)23-9-14(20)21/h3-8H,2,9H2,1H3,(H,20,21)(H,17,18,19). The number of aryl methyl sites for hydroxylation is 1. The van der Waals surface area contributed by atoms with Crippen LogP contribution < -0.4 is 0 Å². The van der Waals surface area contributed by atoms with Gasteiger partial charge < -0.3 is 9.52 Å². The van der Waals surface area contributed by atoms with E-state index in [9.17, 15) is 4.79 Å². The number of carbonyl (C=O) groups is 1. The smallest absolute Gasteiger partial charge is 0.313 e. The molecule has 0 aliphatic rings. The molecule has 0 aliphatic carbocycles. The number of carboxylic acid groups (broad SMARTS) is 1. The summed E-state index contributed by atoms with van der Waals surface area (Å²) in [6, 6.07) is 11.9. The van der Waals surface area contributed by atoms with Gasteiger partial charge in [0.25, 0.3) is 0 Å². The Morgan fingerprint density at radius 2 is 1.96 bits per heavy atom. The maximum Gasteiger partial charge on any atom is 0.313 e. The van der Waals surface area contributed by atoms with Gasteiger partial charge in [0.1, 0.15) is 5.76 Å². The van der Waals surface area contributed by atoms with Crippen LogP contribution in [0.3, 0.4) is 0 Å². The van der Waals surface area contributed by atoms with Crippen molar-refractivity contribution in [2.24, 2.45) is 0 Å². The highest BCUT2D eigenvalue weighted by Gasteiger charge is 2.12. The van der Waals surface area contributed by atoms with E-state index in [-0.39, 0.29) is 5.75 Å². The van der Waals surface area contributed by atoms with Gasteiger partial charge in [-0.15, -0.1) is 5.10 Å². The van der Waals surface area contributed by atoms with Gasteiger partial charge >= 0.3 is 5.97 Å². The van der Waals surface area contributed by atoms with Gasteiger partial charge in [0, 0.05) is 5.56 Å². The zero-order valence-corrected chi connectivity index (χ0v) is 13.3. The molecule has 2 aromatic heterocycles. The van der Waals surface area contributed by atoms with E-state index in [1.54, 1.807) is 0 Å². The van der Waals surface area contributed by atoms with E-state index in [2.05, 4.69) is 34.2 Å². The van der Waals surface area contributed by atoms with Crippen LogP contribution in [0.15, 0.2) is 46.0 Å². The highest BCUT2D eigenvalue weighted by molar-refractivity contribution is 7.99. The first-order chi connectivity index (χ1) is 11.2. The number of aliphatic carboxylic acids is 1. The zero-order chi connectivity index (χ0) is 16.2. The van der Waals surface area contributed by atoms with Crippen molar-refractivity contribution >= 4 is 17.7 Å². The minimum absolute atomic E-state index is 0.0789. The van der Waals surface area contributed by atoms with Crippen molar-refractivity contribution in [1.29, 1.82) is 0 Å². The molecule has 2 N–H and O–H groups in total. The van der Waals surface area contributed by atoms with Crippen LogP contribution in [-0.2, 0) is 11.2 Å². The lowest BCUT2D eigenvalue weighted by molar-refractivity contribution is -0.133. The SMILES string of the molecule is CCc1ccc(-c2ccc(-c3nc(SCC(=O)O)n[nH]3)o2)cc1. The van der Waals surface area contributed by atoms with Crippen molar-refractivity contribution in [3.63, 3.8) is 0 Å². The fraction of sp³-hybridized carbons (Fsp3) is 0.188. The summed E-state index contributed by atoms with van der Waals surface area (Å²) in [7, 11) is 0. The second kappa shape index (κ2) is 6.70. The third kappa shape index (κ3) is 3.62. The molecule has 0 spiro atoms. The number of hydrogen-bond donors (Lipinski definition) is 2. The van der Waals surface area contributed by atoms with Gasteiger partial charge in [0.05, 0.1) is 5.75 Å². The van der Waals surface area contributed by atoms with Gasteiger partial charge in [-0.05, 0) is 24.1 Å². The summed E-state index contributed by atoms with van der Waals surface area (Å²) in [6.45, 7) is 2.11. The molecule has 0 amide bonds. The number of nitrogens with one attached hydrogen (secondary N) is 1. The van der Waals surface area contributed by atoms with Crippen molar-refractivity contribution < 1.29 is 14.3 Å². The van der Waals surface area contributed by atoms with Crippen molar-refractivity contribution in [1.82, 2.24) is 15.2 Å². The Morgan fingerprint density at radius 1 is 1.22 bits per heavy atom. The van der Waals surface area contributed by atoms with Gasteiger partial charge in [-0.25, -0.2) is 0 Å². The fourth-order valence-corrected chi connectivity index (χ4v) is 2.59. The minimum Gasteiger partial charge on any atom is -0.481 e. The summed E-state index contributed by atoms with van der Waals surface area (Å²) in [5.41, 5.74) is 2.27. The van der Waals surface area contributed by atoms with E-state index >= 15 is 0 Å². The molecule has 23 heavy (non-hydrogen) atoms. The number of rotatable bonds is 6. The van der Waals surface area contributed by atoms with Crippen molar-refractivity contribution in [3.8, 4) is 22.9 Å². The number of thioether (sulfide) groups is 1. The first-order valence-electron chi connectivity index (χ1n) is 7.12. The number of furan rings is 1. The van der Waals surface area contributed by atoms with Crippen LogP contribution in [0.5, 0.6) is 0 Å². The van der Waals surface area contributed by atoms with E-state index in [1.165, 1.54) is 5.56 Å². The number of aromatic nitrogens is 3. The maximum atomic E-state index is 10.6. The van der Waals surface area contributed by atoms with Crippen LogP contribution in [0, 0.1) is 0 Å². The number of benzene rings is 1. The molecule has 2 heterocycles. The van der Waals surface area contributed by atoms with Crippen LogP contribution in [0.2, 0.25) is 0 Å². The Morgan fingerprint density at radius 3 is 2.65 bits per heavy atom. The Bertz CT molecular complexity index is 808. The molecule has 0 aliphatic heterocycles. The average molecular weight is 329 g/mol. The number of hydrogen-bond acceptors (Lipinski definition) is 5. The summed E-state index contributed by atoms with van der Waals surface area (Å²) in [6.07, 6.45) is 0.999. The molecule has 3 rings (SSSR count). The molecule has 0 saturated carbocycles. The lowest BCUT2D eigenvalue weighted by Crippen LogP contribution is -1.97. The lowest BCUT2D eigenvalue weighted by Gasteiger charge is -1.99. The molecule has 1 aromatic carbocycles. The van der Waals surface area contributed by atoms with E-state index < -0.39 is 5.97 Å². The minimum atomic E-state index is -0.905. The van der Waals surface area contributed by atoms with Crippen molar-refractivity contribution in [2.75, 3.05) is 5.75 Å². The molecule has 0 saturated heterocycles. The van der Waals surface area contributed by atoms with E-state index in [0.717, 1.165) is 29.5 Å². The molecular weight excluding hydrogens is 314 g/mol. The van der Waals surface area contributed by atoms with Gasteiger partial charge in [0.2, 0.25) is 5.16 Å². The number of nitrogens with zero attached hydrogens (tertiary/aromatic N) is 2. The van der Waals surface area contributed by atoms with E-state index in [4.69, 9.17) is 9.52 Å². The zero-order valence-electron chi connectivity index (χ0n) is 12.4. The van der Waals surface area contributed by atoms with Crippen LogP contribution in [-0.4, -0.2) is 32.0 Å². The quantitative estimate of drug-likeness (QED) is 0.673. The van der Waals surface area contributed by atoms with Crippen molar-refractivity contribution in [2.45, 2.75) is 18.5 Å². The average Bonchev–Trinajstić information content (AvgIpc) is 3.22. The highest BCUT2D eigenvalue weighted by atomic mass is 32.2. The van der Waals surface area contributed by atoms with E-state index in [1.807, 2.05) is 24.3 Å². The Balaban J connectivity index is 1.77. The third-order valence-electron chi connectivity index (χ3n) is 3.28. The monoisotopic (exact) mass is 329 g/mol. The summed E-state index contributed by atoms with van der Waals surface area (Å²) < 4.78 is 5.81. The molecular formula is C16H15N3O3S. The fourth-order valence-electron chi connectivity index (χ4n) is 2.07. The Labute approximate surface area is 136 Å². The summed E-state index contributed by atoms with van der Waals surface area (Å²) in [4.78, 5) is 14.8. The van der Waals surface area contributed by atoms with Crippen molar-refractivity contribution in [3.05, 3.63) is 42.0 Å². The normalized spacial score (nSPS) is 10.8. The summed E-state index contributed by atoms with van der Waals surface area (Å²) in [5.74, 6) is 0.810. The first kappa shape index (κ1) is 15.4. The van der Waals surface area contributed by atoms with E-state index in [0.29, 0.717) is 16.7 Å². The number of aromatic amines is 1. The molecule has 118 valence electrons. The summed E-state index contributed by atoms with van der Waals surface area (Å²) in [5, 5.41) is 15.8. The molecule has 3 aromatic rings. The Kier molecular flexibility index (Phi) is 4.47. The molecule has 0 unspecified atom stereocenters. The molecule has 0 radical (unpaired) electrons. The molecule has 7 heteroatoms. The molecule has 0 bridgehead atoms. The summed E-state index contributed by atoms with van der Waals surface area (Å²) >= 11 is 1.06. The first-order valence-corrected chi connectivity index (χ1v) is 8.11. The second-order valence-corrected chi connectivity index (χ2v) is 5.81. The number of H-pyrrole nitrogens is 1. The molecule has 0 atom stereocenters. The van der Waals surface area contributed by atoms with Crippen LogP contribution in [0.4, 0.5) is 0 Å². The lowest BCUT2D eigenvalue weighted by atomic mass is 10.1.